The lowest BCUT2D eigenvalue weighted by Gasteiger charge is -2.16. The lowest BCUT2D eigenvalue weighted by Crippen LogP contribution is -2.27. The largest absolute Gasteiger partial charge is 0.329 e. The number of halogens is 2. The third kappa shape index (κ3) is 6.83. The molecule has 2 fully saturated rings. The fraction of sp³-hybridized carbons (Fsp3) is 1.00. The second-order valence-corrected chi connectivity index (χ2v) is 5.41. The van der Waals surface area contributed by atoms with Crippen LogP contribution in [0.15, 0.2) is 0 Å². The summed E-state index contributed by atoms with van der Waals surface area (Å²) in [4.78, 5) is 9.53. The number of hydrogen-bond acceptors (Lipinski definition) is 5. The first-order chi connectivity index (χ1) is 7.84. The summed E-state index contributed by atoms with van der Waals surface area (Å²) < 4.78 is 10.6. The number of rotatable bonds is 6. The van der Waals surface area contributed by atoms with Crippen molar-refractivity contribution in [2.24, 2.45) is 0 Å². The summed E-state index contributed by atoms with van der Waals surface area (Å²) in [7, 11) is -1.69. The third-order valence-corrected chi connectivity index (χ3v) is 3.84. The first kappa shape index (κ1) is 18.8. The molecular formula is C10H23Cl2N2O3P. The highest BCUT2D eigenvalue weighted by atomic mass is 35.5. The van der Waals surface area contributed by atoms with Gasteiger partial charge in [0.25, 0.3) is 0 Å². The molecule has 2 heterocycles. The van der Waals surface area contributed by atoms with Crippen LogP contribution in [0.1, 0.15) is 25.7 Å². The van der Waals surface area contributed by atoms with Crippen LogP contribution in [0.3, 0.4) is 0 Å². The first-order valence-corrected chi connectivity index (χ1v) is 7.19. The highest BCUT2D eigenvalue weighted by Crippen LogP contribution is 2.33. The molecule has 110 valence electrons. The summed E-state index contributed by atoms with van der Waals surface area (Å²) in [5.74, 6) is 0. The summed E-state index contributed by atoms with van der Waals surface area (Å²) in [5.41, 5.74) is 0. The molecule has 3 N–H and O–H groups in total. The molecule has 0 saturated carbocycles. The molecule has 5 nitrogen and oxygen atoms in total. The van der Waals surface area contributed by atoms with E-state index in [1.807, 2.05) is 0 Å². The van der Waals surface area contributed by atoms with E-state index in [1.54, 1.807) is 0 Å². The molecule has 2 aliphatic heterocycles. The lowest BCUT2D eigenvalue weighted by atomic mass is 10.2. The van der Waals surface area contributed by atoms with E-state index in [0.717, 1.165) is 25.9 Å². The fourth-order valence-corrected chi connectivity index (χ4v) is 2.83. The lowest BCUT2D eigenvalue weighted by molar-refractivity contribution is 0.176. The van der Waals surface area contributed by atoms with E-state index in [1.165, 1.54) is 12.8 Å². The van der Waals surface area contributed by atoms with Crippen molar-refractivity contribution in [3.63, 3.8) is 0 Å². The van der Waals surface area contributed by atoms with E-state index < -0.39 is 8.60 Å². The van der Waals surface area contributed by atoms with E-state index in [0.29, 0.717) is 25.3 Å². The summed E-state index contributed by atoms with van der Waals surface area (Å²) in [6.07, 6.45) is 4.66. The van der Waals surface area contributed by atoms with E-state index in [4.69, 9.17) is 9.05 Å². The molecule has 0 aromatic rings. The maximum atomic E-state index is 9.53. The minimum absolute atomic E-state index is 0. The van der Waals surface area contributed by atoms with Gasteiger partial charge in [-0.05, 0) is 38.8 Å². The molecule has 0 aliphatic carbocycles. The van der Waals surface area contributed by atoms with Gasteiger partial charge in [-0.2, -0.15) is 0 Å². The molecule has 0 amide bonds. The molecule has 2 aliphatic rings. The Kier molecular flexibility index (Phi) is 11.1. The van der Waals surface area contributed by atoms with E-state index in [9.17, 15) is 4.89 Å². The quantitative estimate of drug-likeness (QED) is 0.649. The number of nitrogens with one attached hydrogen (secondary N) is 2. The van der Waals surface area contributed by atoms with E-state index >= 15 is 0 Å². The molecule has 2 rings (SSSR count). The Hall–Kier alpha value is 0.810. The molecule has 0 aromatic heterocycles. The summed E-state index contributed by atoms with van der Waals surface area (Å²) in [5, 5.41) is 6.63. The molecule has 0 aromatic carbocycles. The zero-order valence-electron chi connectivity index (χ0n) is 10.3. The second kappa shape index (κ2) is 10.6. The average Bonchev–Trinajstić information content (AvgIpc) is 2.96. The van der Waals surface area contributed by atoms with Gasteiger partial charge in [0, 0.05) is 12.1 Å². The average molecular weight is 321 g/mol. The predicted octanol–water partition coefficient (Wildman–Crippen LogP) is 1.59. The Morgan fingerprint density at radius 1 is 0.944 bits per heavy atom. The van der Waals surface area contributed by atoms with Gasteiger partial charge in [0.05, 0.1) is 13.2 Å². The van der Waals surface area contributed by atoms with Crippen LogP contribution >= 0.6 is 33.4 Å². The van der Waals surface area contributed by atoms with Gasteiger partial charge in [-0.3, -0.25) is 0 Å². The van der Waals surface area contributed by atoms with Crippen molar-refractivity contribution in [2.45, 2.75) is 37.8 Å². The molecule has 0 unspecified atom stereocenters. The van der Waals surface area contributed by atoms with Crippen molar-refractivity contribution >= 4 is 33.4 Å². The maximum Gasteiger partial charge on any atom is 0.329 e. The fourth-order valence-electron chi connectivity index (χ4n) is 2.14. The van der Waals surface area contributed by atoms with Gasteiger partial charge in [-0.1, -0.05) is 0 Å². The normalized spacial score (nSPS) is 27.0. The van der Waals surface area contributed by atoms with Crippen LogP contribution in [0.2, 0.25) is 0 Å². The topological polar surface area (TPSA) is 62.8 Å². The summed E-state index contributed by atoms with van der Waals surface area (Å²) in [6, 6.07) is 0.788. The Morgan fingerprint density at radius 3 is 1.72 bits per heavy atom. The van der Waals surface area contributed by atoms with Gasteiger partial charge in [-0.25, -0.2) is 0 Å². The number of hydrogen-bond donors (Lipinski definition) is 3. The molecule has 2 atom stereocenters. The van der Waals surface area contributed by atoms with Crippen molar-refractivity contribution < 1.29 is 13.9 Å². The predicted molar refractivity (Wildman–Crippen MR) is 77.6 cm³/mol. The van der Waals surface area contributed by atoms with Gasteiger partial charge in [0.15, 0.2) is 0 Å². The zero-order chi connectivity index (χ0) is 11.2. The van der Waals surface area contributed by atoms with Crippen LogP contribution in [0.25, 0.3) is 0 Å². The molecule has 0 radical (unpaired) electrons. The Labute approximate surface area is 122 Å². The van der Waals surface area contributed by atoms with Gasteiger partial charge in [-0.15, -0.1) is 24.8 Å². The highest BCUT2D eigenvalue weighted by molar-refractivity contribution is 7.40. The summed E-state index contributed by atoms with van der Waals surface area (Å²) in [6.45, 7) is 3.23. The monoisotopic (exact) mass is 320 g/mol. The standard InChI is InChI=1S/C10H21N2O3P.2ClH/c13-16(14-7-9-3-1-5-11-9)15-8-10-4-2-6-12-10;;/h9-13H,1-8H2;2*1H/t9-,10-;;/m0../s1. The van der Waals surface area contributed by atoms with E-state index in [2.05, 4.69) is 10.6 Å². The molecular weight excluding hydrogens is 298 g/mol. The molecule has 18 heavy (non-hydrogen) atoms. The first-order valence-electron chi connectivity index (χ1n) is 6.06. The Morgan fingerprint density at radius 2 is 1.39 bits per heavy atom. The highest BCUT2D eigenvalue weighted by Gasteiger charge is 2.19. The van der Waals surface area contributed by atoms with Crippen LogP contribution in [0, 0.1) is 0 Å². The van der Waals surface area contributed by atoms with E-state index in [-0.39, 0.29) is 24.8 Å². The van der Waals surface area contributed by atoms with Gasteiger partial charge >= 0.3 is 8.60 Å². The smallest absolute Gasteiger partial charge is 0.328 e. The SMILES string of the molecule is Cl.Cl.OP(OC[C@@H]1CCCN1)OC[C@@H]1CCCN1. The zero-order valence-corrected chi connectivity index (χ0v) is 12.9. The molecule has 8 heteroatoms. The molecule has 0 bridgehead atoms. The maximum absolute atomic E-state index is 9.53. The van der Waals surface area contributed by atoms with Crippen molar-refractivity contribution in [1.29, 1.82) is 0 Å². The van der Waals surface area contributed by atoms with Crippen LogP contribution < -0.4 is 10.6 Å². The van der Waals surface area contributed by atoms with Crippen LogP contribution in [0.5, 0.6) is 0 Å². The minimum Gasteiger partial charge on any atom is -0.328 e. The van der Waals surface area contributed by atoms with Gasteiger partial charge in [0.1, 0.15) is 0 Å². The summed E-state index contributed by atoms with van der Waals surface area (Å²) >= 11 is 0. The Balaban J connectivity index is 0.00000144. The van der Waals surface area contributed by atoms with Gasteiger partial charge in [0.2, 0.25) is 0 Å². The van der Waals surface area contributed by atoms with Crippen molar-refractivity contribution in [3.8, 4) is 0 Å². The Bertz CT molecular complexity index is 186. The second-order valence-electron chi connectivity index (χ2n) is 4.42. The van der Waals surface area contributed by atoms with Crippen LogP contribution in [0.4, 0.5) is 0 Å². The minimum atomic E-state index is -1.69. The van der Waals surface area contributed by atoms with Crippen molar-refractivity contribution in [3.05, 3.63) is 0 Å². The third-order valence-electron chi connectivity index (χ3n) is 3.10. The van der Waals surface area contributed by atoms with Gasteiger partial charge < -0.3 is 24.6 Å². The molecule has 0 spiro atoms. The van der Waals surface area contributed by atoms with Crippen molar-refractivity contribution in [1.82, 2.24) is 10.6 Å². The van der Waals surface area contributed by atoms with Crippen LogP contribution in [-0.4, -0.2) is 43.3 Å². The van der Waals surface area contributed by atoms with Crippen molar-refractivity contribution in [2.75, 3.05) is 26.3 Å². The van der Waals surface area contributed by atoms with Crippen LogP contribution in [-0.2, 0) is 9.05 Å². The molecule has 2 saturated heterocycles.